The van der Waals surface area contributed by atoms with E-state index >= 15 is 0 Å². The summed E-state index contributed by atoms with van der Waals surface area (Å²) in [6.07, 6.45) is 2.58. The van der Waals surface area contributed by atoms with Gasteiger partial charge in [-0.3, -0.25) is 4.90 Å². The molecule has 1 aliphatic rings. The van der Waals surface area contributed by atoms with Crippen molar-refractivity contribution in [1.82, 2.24) is 10.2 Å². The van der Waals surface area contributed by atoms with Crippen LogP contribution >= 0.6 is 39.9 Å². The molecular weight excluding hydrogens is 347 g/mol. The number of benzene rings is 1. The molecule has 1 fully saturated rings. The average Bonchev–Trinajstić information content (AvgIpc) is 2.37. The van der Waals surface area contributed by atoms with Crippen LogP contribution in [0.3, 0.4) is 0 Å². The molecular formula is C14H21BrCl2N2. The third-order valence-corrected chi connectivity index (χ3v) is 4.61. The summed E-state index contributed by atoms with van der Waals surface area (Å²) in [4.78, 5) is 2.52. The number of piperidine rings is 1. The van der Waals surface area contributed by atoms with Gasteiger partial charge in [0, 0.05) is 16.0 Å². The first-order valence-electron chi connectivity index (χ1n) is 6.50. The van der Waals surface area contributed by atoms with Crippen molar-refractivity contribution in [3.05, 3.63) is 33.3 Å². The topological polar surface area (TPSA) is 15.3 Å². The second-order valence-electron chi connectivity index (χ2n) is 5.01. The molecule has 19 heavy (non-hydrogen) atoms. The minimum atomic E-state index is 0. The number of hydrogen-bond acceptors (Lipinski definition) is 2. The van der Waals surface area contributed by atoms with Gasteiger partial charge in [-0.1, -0.05) is 27.5 Å². The van der Waals surface area contributed by atoms with Crippen molar-refractivity contribution < 1.29 is 0 Å². The Labute approximate surface area is 135 Å². The van der Waals surface area contributed by atoms with Crippen molar-refractivity contribution in [2.75, 3.05) is 26.7 Å². The lowest BCUT2D eigenvalue weighted by Gasteiger charge is -2.32. The molecule has 2 nitrogen and oxygen atoms in total. The highest BCUT2D eigenvalue weighted by Gasteiger charge is 2.19. The van der Waals surface area contributed by atoms with Crippen LogP contribution in [0.5, 0.6) is 0 Å². The maximum absolute atomic E-state index is 6.05. The Morgan fingerprint density at radius 3 is 2.68 bits per heavy atom. The van der Waals surface area contributed by atoms with E-state index in [0.717, 1.165) is 28.5 Å². The molecule has 0 spiro atoms. The SMILES string of the molecule is CNCC1CCN(Cc2cc(Cl)ccc2Br)CC1.Cl. The van der Waals surface area contributed by atoms with E-state index in [9.17, 15) is 0 Å². The second kappa shape index (κ2) is 8.48. The van der Waals surface area contributed by atoms with E-state index in [1.165, 1.54) is 31.5 Å². The minimum Gasteiger partial charge on any atom is -0.319 e. The van der Waals surface area contributed by atoms with Gasteiger partial charge >= 0.3 is 0 Å². The van der Waals surface area contributed by atoms with Gasteiger partial charge in [-0.25, -0.2) is 0 Å². The lowest BCUT2D eigenvalue weighted by Crippen LogP contribution is -2.36. The summed E-state index contributed by atoms with van der Waals surface area (Å²) in [5, 5.41) is 4.09. The predicted molar refractivity (Wildman–Crippen MR) is 88.3 cm³/mol. The molecule has 2 rings (SSSR count). The van der Waals surface area contributed by atoms with Crippen LogP contribution in [0.15, 0.2) is 22.7 Å². The molecule has 1 aromatic carbocycles. The maximum atomic E-state index is 6.05. The van der Waals surface area contributed by atoms with E-state index in [2.05, 4.69) is 32.2 Å². The van der Waals surface area contributed by atoms with Crippen molar-refractivity contribution in [3.63, 3.8) is 0 Å². The largest absolute Gasteiger partial charge is 0.319 e. The normalized spacial score (nSPS) is 17.2. The lowest BCUT2D eigenvalue weighted by atomic mass is 9.96. The molecule has 0 unspecified atom stereocenters. The van der Waals surface area contributed by atoms with Gasteiger partial charge in [0.05, 0.1) is 0 Å². The van der Waals surface area contributed by atoms with Gasteiger partial charge in [0.2, 0.25) is 0 Å². The highest BCUT2D eigenvalue weighted by Crippen LogP contribution is 2.24. The van der Waals surface area contributed by atoms with Gasteiger partial charge in [-0.2, -0.15) is 0 Å². The van der Waals surface area contributed by atoms with Gasteiger partial charge in [-0.15, -0.1) is 12.4 Å². The summed E-state index contributed by atoms with van der Waals surface area (Å²) in [5.41, 5.74) is 1.29. The van der Waals surface area contributed by atoms with E-state index in [4.69, 9.17) is 11.6 Å². The highest BCUT2D eigenvalue weighted by molar-refractivity contribution is 9.10. The number of halogens is 3. The van der Waals surface area contributed by atoms with Gasteiger partial charge in [0.15, 0.2) is 0 Å². The van der Waals surface area contributed by atoms with E-state index in [-0.39, 0.29) is 12.4 Å². The quantitative estimate of drug-likeness (QED) is 0.866. The summed E-state index contributed by atoms with van der Waals surface area (Å²) in [7, 11) is 2.04. The van der Waals surface area contributed by atoms with Crippen LogP contribution in [-0.4, -0.2) is 31.6 Å². The zero-order valence-electron chi connectivity index (χ0n) is 11.2. The van der Waals surface area contributed by atoms with E-state index < -0.39 is 0 Å². The van der Waals surface area contributed by atoms with Crippen molar-refractivity contribution in [3.8, 4) is 0 Å². The Morgan fingerprint density at radius 2 is 2.05 bits per heavy atom. The van der Waals surface area contributed by atoms with Gasteiger partial charge < -0.3 is 5.32 Å². The molecule has 1 aliphatic heterocycles. The Morgan fingerprint density at radius 1 is 1.37 bits per heavy atom. The standard InChI is InChI=1S/C14H20BrClN2.ClH/c1-17-9-11-4-6-18(7-5-11)10-12-8-13(16)2-3-14(12)15;/h2-3,8,11,17H,4-7,9-10H2,1H3;1H. The van der Waals surface area contributed by atoms with Crippen molar-refractivity contribution in [2.24, 2.45) is 5.92 Å². The fourth-order valence-corrected chi connectivity index (χ4v) is 3.11. The smallest absolute Gasteiger partial charge is 0.0410 e. The molecule has 0 saturated carbocycles. The van der Waals surface area contributed by atoms with Crippen molar-refractivity contribution in [1.29, 1.82) is 0 Å². The van der Waals surface area contributed by atoms with E-state index in [1.54, 1.807) is 0 Å². The first kappa shape index (κ1) is 17.3. The van der Waals surface area contributed by atoms with Gasteiger partial charge in [0.1, 0.15) is 0 Å². The van der Waals surface area contributed by atoms with Crippen LogP contribution in [0.2, 0.25) is 5.02 Å². The summed E-state index contributed by atoms with van der Waals surface area (Å²) in [6.45, 7) is 4.51. The summed E-state index contributed by atoms with van der Waals surface area (Å²) < 4.78 is 1.16. The minimum absolute atomic E-state index is 0. The molecule has 0 aliphatic carbocycles. The predicted octanol–water partition coefficient (Wildman–Crippen LogP) is 3.96. The monoisotopic (exact) mass is 366 g/mol. The molecule has 0 bridgehead atoms. The molecule has 1 aromatic rings. The zero-order chi connectivity index (χ0) is 13.0. The number of rotatable bonds is 4. The number of likely N-dealkylation sites (tertiary alicyclic amines) is 1. The maximum Gasteiger partial charge on any atom is 0.0410 e. The summed E-state index contributed by atoms with van der Waals surface area (Å²) >= 11 is 9.65. The van der Waals surface area contributed by atoms with Crippen LogP contribution < -0.4 is 5.32 Å². The number of hydrogen-bond donors (Lipinski definition) is 1. The second-order valence-corrected chi connectivity index (χ2v) is 6.30. The third kappa shape index (κ3) is 5.24. The Kier molecular flexibility index (Phi) is 7.70. The van der Waals surface area contributed by atoms with Crippen molar-refractivity contribution in [2.45, 2.75) is 19.4 Å². The molecule has 1 saturated heterocycles. The van der Waals surface area contributed by atoms with Crippen LogP contribution in [0.4, 0.5) is 0 Å². The molecule has 0 atom stereocenters. The lowest BCUT2D eigenvalue weighted by molar-refractivity contribution is 0.176. The number of nitrogens with one attached hydrogen (secondary N) is 1. The number of nitrogens with zero attached hydrogens (tertiary/aromatic N) is 1. The fourth-order valence-electron chi connectivity index (χ4n) is 2.54. The molecule has 0 amide bonds. The van der Waals surface area contributed by atoms with Gasteiger partial charge in [0.25, 0.3) is 0 Å². The molecule has 1 heterocycles. The Balaban J connectivity index is 0.00000180. The molecule has 108 valence electrons. The van der Waals surface area contributed by atoms with Crippen molar-refractivity contribution >= 4 is 39.9 Å². The first-order valence-corrected chi connectivity index (χ1v) is 7.67. The van der Waals surface area contributed by atoms with E-state index in [0.29, 0.717) is 0 Å². The molecule has 0 aromatic heterocycles. The van der Waals surface area contributed by atoms with Crippen LogP contribution in [0.25, 0.3) is 0 Å². The molecule has 0 radical (unpaired) electrons. The third-order valence-electron chi connectivity index (χ3n) is 3.60. The van der Waals surface area contributed by atoms with Crippen LogP contribution in [-0.2, 0) is 6.54 Å². The van der Waals surface area contributed by atoms with E-state index in [1.807, 2.05) is 19.2 Å². The zero-order valence-corrected chi connectivity index (χ0v) is 14.3. The van der Waals surface area contributed by atoms with Gasteiger partial charge in [-0.05, 0) is 69.2 Å². The van der Waals surface area contributed by atoms with Crippen LogP contribution in [0, 0.1) is 5.92 Å². The Hall–Kier alpha value is 0.200. The van der Waals surface area contributed by atoms with Crippen LogP contribution in [0.1, 0.15) is 18.4 Å². The fraction of sp³-hybridized carbons (Fsp3) is 0.571. The highest BCUT2D eigenvalue weighted by atomic mass is 79.9. The summed E-state index contributed by atoms with van der Waals surface area (Å²) in [6, 6.07) is 6.02. The first-order chi connectivity index (χ1) is 8.69. The molecule has 1 N–H and O–H groups in total. The molecule has 5 heteroatoms. The summed E-state index contributed by atoms with van der Waals surface area (Å²) in [5.74, 6) is 0.842. The Bertz CT molecular complexity index is 393. The average molecular weight is 368 g/mol.